The van der Waals surface area contributed by atoms with Crippen molar-refractivity contribution in [3.8, 4) is 10.6 Å². The van der Waals surface area contributed by atoms with Gasteiger partial charge in [0.15, 0.2) is 0 Å². The highest BCUT2D eigenvalue weighted by atomic mass is 32.1. The molecule has 0 radical (unpaired) electrons. The molecule has 1 fully saturated rings. The topological polar surface area (TPSA) is 67.2 Å². The van der Waals surface area contributed by atoms with E-state index < -0.39 is 0 Å². The maximum atomic E-state index is 12.1. The van der Waals surface area contributed by atoms with Gasteiger partial charge in [0, 0.05) is 23.0 Å². The number of rotatable bonds is 4. The molecule has 0 saturated carbocycles. The van der Waals surface area contributed by atoms with E-state index in [2.05, 4.69) is 22.5 Å². The van der Waals surface area contributed by atoms with Gasteiger partial charge in [-0.05, 0) is 32.4 Å². The normalized spacial score (nSPS) is 22.1. The first-order valence-electron chi connectivity index (χ1n) is 7.22. The van der Waals surface area contributed by atoms with Crippen LogP contribution in [0.15, 0.2) is 28.4 Å². The quantitative estimate of drug-likeness (QED) is 0.909. The summed E-state index contributed by atoms with van der Waals surface area (Å²) in [5.74, 6) is 0.0413. The van der Waals surface area contributed by atoms with E-state index in [1.54, 1.807) is 12.5 Å². The Hall–Kier alpha value is -1.66. The third-order valence-corrected chi connectivity index (χ3v) is 4.71. The van der Waals surface area contributed by atoms with Crippen LogP contribution in [0.2, 0.25) is 0 Å². The minimum absolute atomic E-state index is 0.0413. The van der Waals surface area contributed by atoms with Crippen LogP contribution in [0.5, 0.6) is 0 Å². The molecule has 0 bridgehead atoms. The Kier molecular flexibility index (Phi) is 4.36. The highest BCUT2D eigenvalue weighted by Crippen LogP contribution is 2.24. The van der Waals surface area contributed by atoms with Gasteiger partial charge in [0.05, 0.1) is 18.4 Å². The molecule has 2 aromatic heterocycles. The van der Waals surface area contributed by atoms with Crippen LogP contribution in [-0.2, 0) is 11.2 Å². The van der Waals surface area contributed by atoms with Gasteiger partial charge in [-0.2, -0.15) is 0 Å². The third kappa shape index (κ3) is 3.51. The van der Waals surface area contributed by atoms with E-state index in [1.807, 2.05) is 11.4 Å². The van der Waals surface area contributed by atoms with Crippen molar-refractivity contribution in [2.75, 3.05) is 6.54 Å². The summed E-state index contributed by atoms with van der Waals surface area (Å²) in [5, 5.41) is 9.31. The molecular weight excluding hydrogens is 286 g/mol. The first-order valence-corrected chi connectivity index (χ1v) is 8.10. The van der Waals surface area contributed by atoms with E-state index in [4.69, 9.17) is 4.42 Å². The maximum Gasteiger partial charge on any atom is 0.226 e. The molecule has 1 aliphatic rings. The predicted octanol–water partition coefficient (Wildman–Crippen LogP) is 2.20. The number of carbonyl (C=O) groups excluding carboxylic acids is 1. The molecule has 0 aromatic carbocycles. The first-order chi connectivity index (χ1) is 10.2. The third-order valence-electron chi connectivity index (χ3n) is 3.77. The van der Waals surface area contributed by atoms with Crippen molar-refractivity contribution in [1.82, 2.24) is 15.6 Å². The molecule has 0 spiro atoms. The Balaban J connectivity index is 1.57. The lowest BCUT2D eigenvalue weighted by Crippen LogP contribution is -2.52. The van der Waals surface area contributed by atoms with Gasteiger partial charge >= 0.3 is 0 Å². The first kappa shape index (κ1) is 14.3. The molecule has 5 nitrogen and oxygen atoms in total. The number of piperidine rings is 1. The fraction of sp³-hybridized carbons (Fsp3) is 0.467. The van der Waals surface area contributed by atoms with Gasteiger partial charge < -0.3 is 15.1 Å². The molecule has 3 heterocycles. The number of aromatic nitrogens is 1. The molecule has 3 rings (SSSR count). The molecule has 112 valence electrons. The highest BCUT2D eigenvalue weighted by Gasteiger charge is 2.22. The van der Waals surface area contributed by atoms with Crippen molar-refractivity contribution in [2.24, 2.45) is 0 Å². The van der Waals surface area contributed by atoms with E-state index in [9.17, 15) is 4.79 Å². The Morgan fingerprint density at radius 2 is 2.52 bits per heavy atom. The van der Waals surface area contributed by atoms with Crippen LogP contribution in [0.1, 0.15) is 25.5 Å². The molecule has 0 aliphatic carbocycles. The molecule has 2 aromatic rings. The Bertz CT molecular complexity index is 594. The fourth-order valence-corrected chi connectivity index (χ4v) is 3.38. The van der Waals surface area contributed by atoms with Crippen molar-refractivity contribution in [1.29, 1.82) is 0 Å². The molecule has 2 unspecified atom stereocenters. The molecule has 1 amide bonds. The largest absolute Gasteiger partial charge is 0.472 e. The molecule has 6 heteroatoms. The maximum absolute atomic E-state index is 12.1. The minimum Gasteiger partial charge on any atom is -0.472 e. The van der Waals surface area contributed by atoms with Crippen LogP contribution in [0.3, 0.4) is 0 Å². The standard InChI is InChI=1S/C15H19N3O2S/c1-10-13(3-2-5-16-10)18-14(19)7-12-9-21-15(17-12)11-4-6-20-8-11/h4,6,8-10,13,16H,2-3,5,7H2,1H3,(H,18,19). The number of amides is 1. The lowest BCUT2D eigenvalue weighted by molar-refractivity contribution is -0.121. The Morgan fingerprint density at radius 3 is 3.29 bits per heavy atom. The van der Waals surface area contributed by atoms with Crippen LogP contribution in [0.4, 0.5) is 0 Å². The van der Waals surface area contributed by atoms with Gasteiger partial charge in [-0.1, -0.05) is 0 Å². The minimum atomic E-state index is 0.0413. The number of hydrogen-bond donors (Lipinski definition) is 2. The summed E-state index contributed by atoms with van der Waals surface area (Å²) in [6, 6.07) is 2.43. The van der Waals surface area contributed by atoms with Crippen LogP contribution < -0.4 is 10.6 Å². The molecule has 1 aliphatic heterocycles. The average Bonchev–Trinajstić information content (AvgIpc) is 3.12. The van der Waals surface area contributed by atoms with Crippen molar-refractivity contribution in [3.05, 3.63) is 29.7 Å². The van der Waals surface area contributed by atoms with Crippen molar-refractivity contribution in [3.63, 3.8) is 0 Å². The van der Waals surface area contributed by atoms with Gasteiger partial charge in [0.25, 0.3) is 0 Å². The second kappa shape index (κ2) is 6.41. The second-order valence-corrected chi connectivity index (χ2v) is 6.25. The zero-order valence-corrected chi connectivity index (χ0v) is 12.8. The lowest BCUT2D eigenvalue weighted by Gasteiger charge is -2.30. The van der Waals surface area contributed by atoms with Gasteiger partial charge in [-0.3, -0.25) is 4.79 Å². The summed E-state index contributed by atoms with van der Waals surface area (Å²) in [6.07, 6.45) is 5.77. The van der Waals surface area contributed by atoms with Gasteiger partial charge in [-0.25, -0.2) is 4.98 Å². The van der Waals surface area contributed by atoms with E-state index in [0.29, 0.717) is 12.5 Å². The van der Waals surface area contributed by atoms with Gasteiger partial charge in [-0.15, -0.1) is 11.3 Å². The number of thiazole rings is 1. The Labute approximate surface area is 127 Å². The monoisotopic (exact) mass is 305 g/mol. The van der Waals surface area contributed by atoms with Crippen molar-refractivity contribution in [2.45, 2.75) is 38.3 Å². The summed E-state index contributed by atoms with van der Waals surface area (Å²) in [4.78, 5) is 16.6. The van der Waals surface area contributed by atoms with Crippen molar-refractivity contribution >= 4 is 17.2 Å². The number of nitrogens with zero attached hydrogens (tertiary/aromatic N) is 1. The predicted molar refractivity (Wildman–Crippen MR) is 82.1 cm³/mol. The van der Waals surface area contributed by atoms with E-state index in [0.717, 1.165) is 35.7 Å². The summed E-state index contributed by atoms with van der Waals surface area (Å²) in [6.45, 7) is 3.15. The molecule has 2 atom stereocenters. The molecule has 2 N–H and O–H groups in total. The lowest BCUT2D eigenvalue weighted by atomic mass is 10.00. The van der Waals surface area contributed by atoms with Crippen molar-refractivity contribution < 1.29 is 9.21 Å². The van der Waals surface area contributed by atoms with Crippen LogP contribution >= 0.6 is 11.3 Å². The smallest absolute Gasteiger partial charge is 0.226 e. The summed E-state index contributed by atoms with van der Waals surface area (Å²) in [7, 11) is 0. The number of nitrogens with one attached hydrogen (secondary N) is 2. The average molecular weight is 305 g/mol. The van der Waals surface area contributed by atoms with Gasteiger partial charge in [0.2, 0.25) is 5.91 Å². The Morgan fingerprint density at radius 1 is 1.62 bits per heavy atom. The fourth-order valence-electron chi connectivity index (χ4n) is 2.57. The van der Waals surface area contributed by atoms with Crippen LogP contribution in [0, 0.1) is 0 Å². The highest BCUT2D eigenvalue weighted by molar-refractivity contribution is 7.13. The zero-order valence-electron chi connectivity index (χ0n) is 12.0. The van der Waals surface area contributed by atoms with E-state index in [1.165, 1.54) is 11.3 Å². The van der Waals surface area contributed by atoms with E-state index in [-0.39, 0.29) is 11.9 Å². The summed E-state index contributed by atoms with van der Waals surface area (Å²) in [5.41, 5.74) is 1.77. The summed E-state index contributed by atoms with van der Waals surface area (Å²) >= 11 is 1.53. The van der Waals surface area contributed by atoms with Crippen LogP contribution in [0.25, 0.3) is 10.6 Å². The number of furan rings is 1. The number of carbonyl (C=O) groups is 1. The summed E-state index contributed by atoms with van der Waals surface area (Å²) < 4.78 is 5.05. The second-order valence-electron chi connectivity index (χ2n) is 5.39. The van der Waals surface area contributed by atoms with Crippen LogP contribution in [-0.4, -0.2) is 29.5 Å². The van der Waals surface area contributed by atoms with E-state index >= 15 is 0 Å². The molecule has 21 heavy (non-hydrogen) atoms. The SMILES string of the molecule is CC1NCCCC1NC(=O)Cc1csc(-c2ccoc2)n1. The molecular formula is C15H19N3O2S. The number of hydrogen-bond acceptors (Lipinski definition) is 5. The zero-order chi connectivity index (χ0) is 14.7. The van der Waals surface area contributed by atoms with Gasteiger partial charge in [0.1, 0.15) is 11.3 Å². The molecule has 1 saturated heterocycles.